The zero-order valence-electron chi connectivity index (χ0n) is 12.3. The van der Waals surface area contributed by atoms with Crippen LogP contribution in [0.2, 0.25) is 0 Å². The Kier molecular flexibility index (Phi) is 8.22. The fraction of sp³-hybridized carbons (Fsp3) is 0.857. The molecule has 1 aliphatic rings. The van der Waals surface area contributed by atoms with Crippen LogP contribution >= 0.6 is 0 Å². The molecule has 0 spiro atoms. The molecule has 2 unspecified atom stereocenters. The molecule has 1 saturated carbocycles. The van der Waals surface area contributed by atoms with Gasteiger partial charge in [0.1, 0.15) is 13.2 Å². The van der Waals surface area contributed by atoms with E-state index in [0.29, 0.717) is 26.1 Å². The van der Waals surface area contributed by atoms with Crippen LogP contribution in [0.1, 0.15) is 25.7 Å². The number of esters is 2. The molecule has 0 radical (unpaired) electrons. The van der Waals surface area contributed by atoms with Crippen LogP contribution in [-0.2, 0) is 28.5 Å². The van der Waals surface area contributed by atoms with E-state index in [9.17, 15) is 9.59 Å². The van der Waals surface area contributed by atoms with Crippen molar-refractivity contribution in [3.05, 3.63) is 0 Å². The number of hydrogen-bond donors (Lipinski definition) is 0. The molecule has 6 nitrogen and oxygen atoms in total. The fourth-order valence-corrected chi connectivity index (χ4v) is 2.36. The van der Waals surface area contributed by atoms with Crippen molar-refractivity contribution in [2.45, 2.75) is 25.7 Å². The SMILES string of the molecule is COCCOC(=O)C1CCCCC1C(=O)OCCOC. The molecule has 20 heavy (non-hydrogen) atoms. The van der Waals surface area contributed by atoms with E-state index >= 15 is 0 Å². The summed E-state index contributed by atoms with van der Waals surface area (Å²) in [6.07, 6.45) is 3.23. The Balaban J connectivity index is 2.48. The number of hydrogen-bond acceptors (Lipinski definition) is 6. The Labute approximate surface area is 119 Å². The molecule has 0 aromatic carbocycles. The second kappa shape index (κ2) is 9.72. The standard InChI is InChI=1S/C14H24O6/c1-17-7-9-19-13(15)11-5-3-4-6-12(11)14(16)20-10-8-18-2/h11-12H,3-10H2,1-2H3. The van der Waals surface area contributed by atoms with Crippen molar-refractivity contribution < 1.29 is 28.5 Å². The van der Waals surface area contributed by atoms with Crippen LogP contribution in [0.25, 0.3) is 0 Å². The van der Waals surface area contributed by atoms with Gasteiger partial charge in [-0.1, -0.05) is 12.8 Å². The lowest BCUT2D eigenvalue weighted by Gasteiger charge is -2.28. The van der Waals surface area contributed by atoms with Crippen LogP contribution in [0.5, 0.6) is 0 Å². The largest absolute Gasteiger partial charge is 0.463 e. The summed E-state index contributed by atoms with van der Waals surface area (Å²) in [6.45, 7) is 1.16. The van der Waals surface area contributed by atoms with E-state index in [0.717, 1.165) is 12.8 Å². The smallest absolute Gasteiger partial charge is 0.309 e. The molecule has 0 N–H and O–H groups in total. The lowest BCUT2D eigenvalue weighted by Crippen LogP contribution is -2.35. The molecule has 0 aromatic rings. The molecule has 0 aromatic heterocycles. The minimum Gasteiger partial charge on any atom is -0.463 e. The van der Waals surface area contributed by atoms with Gasteiger partial charge in [-0.25, -0.2) is 0 Å². The normalized spacial score (nSPS) is 22.3. The molecule has 1 aliphatic carbocycles. The summed E-state index contributed by atoms with van der Waals surface area (Å²) >= 11 is 0. The predicted octanol–water partition coefficient (Wildman–Crippen LogP) is 1.17. The molecule has 1 fully saturated rings. The Morgan fingerprint density at radius 1 is 0.800 bits per heavy atom. The van der Waals surface area contributed by atoms with Crippen molar-refractivity contribution in [3.63, 3.8) is 0 Å². The average molecular weight is 288 g/mol. The van der Waals surface area contributed by atoms with Gasteiger partial charge in [-0.15, -0.1) is 0 Å². The molecule has 6 heteroatoms. The van der Waals surface area contributed by atoms with Gasteiger partial charge in [-0.05, 0) is 12.8 Å². The van der Waals surface area contributed by atoms with E-state index in [-0.39, 0.29) is 25.2 Å². The monoisotopic (exact) mass is 288 g/mol. The van der Waals surface area contributed by atoms with Gasteiger partial charge >= 0.3 is 11.9 Å². The van der Waals surface area contributed by atoms with E-state index in [2.05, 4.69) is 0 Å². The lowest BCUT2D eigenvalue weighted by atomic mass is 9.79. The average Bonchev–Trinajstić information content (AvgIpc) is 2.47. The summed E-state index contributed by atoms with van der Waals surface area (Å²) in [7, 11) is 3.09. The minimum absolute atomic E-state index is 0.220. The highest BCUT2D eigenvalue weighted by Gasteiger charge is 2.37. The van der Waals surface area contributed by atoms with E-state index in [4.69, 9.17) is 18.9 Å². The van der Waals surface area contributed by atoms with Crippen molar-refractivity contribution in [2.75, 3.05) is 40.6 Å². The van der Waals surface area contributed by atoms with Crippen LogP contribution in [-0.4, -0.2) is 52.6 Å². The van der Waals surface area contributed by atoms with Crippen molar-refractivity contribution in [1.82, 2.24) is 0 Å². The third kappa shape index (κ3) is 5.46. The van der Waals surface area contributed by atoms with E-state index < -0.39 is 11.8 Å². The third-order valence-corrected chi connectivity index (χ3v) is 3.44. The van der Waals surface area contributed by atoms with E-state index in [1.807, 2.05) is 0 Å². The first kappa shape index (κ1) is 16.9. The maximum Gasteiger partial charge on any atom is 0.309 e. The molecule has 0 saturated heterocycles. The summed E-state index contributed by atoms with van der Waals surface area (Å²) in [5.74, 6) is -1.43. The highest BCUT2D eigenvalue weighted by atomic mass is 16.6. The lowest BCUT2D eigenvalue weighted by molar-refractivity contribution is -0.164. The Morgan fingerprint density at radius 3 is 1.55 bits per heavy atom. The maximum absolute atomic E-state index is 12.0. The second-order valence-electron chi connectivity index (χ2n) is 4.82. The maximum atomic E-state index is 12.0. The molecule has 0 amide bonds. The highest BCUT2D eigenvalue weighted by Crippen LogP contribution is 2.32. The van der Waals surface area contributed by atoms with Crippen LogP contribution in [0.4, 0.5) is 0 Å². The molecule has 0 aliphatic heterocycles. The van der Waals surface area contributed by atoms with Crippen molar-refractivity contribution in [3.8, 4) is 0 Å². The number of methoxy groups -OCH3 is 2. The van der Waals surface area contributed by atoms with Gasteiger partial charge < -0.3 is 18.9 Å². The summed E-state index contributed by atoms with van der Waals surface area (Å²) in [5.41, 5.74) is 0. The van der Waals surface area contributed by atoms with Gasteiger partial charge in [0, 0.05) is 14.2 Å². The number of rotatable bonds is 8. The first-order chi connectivity index (χ1) is 9.70. The molecule has 0 bridgehead atoms. The molecular weight excluding hydrogens is 264 g/mol. The summed E-state index contributed by atoms with van der Waals surface area (Å²) in [4.78, 5) is 24.0. The number of carbonyl (C=O) groups is 2. The molecule has 1 rings (SSSR count). The Morgan fingerprint density at radius 2 is 1.20 bits per heavy atom. The second-order valence-corrected chi connectivity index (χ2v) is 4.82. The van der Waals surface area contributed by atoms with Crippen molar-refractivity contribution in [1.29, 1.82) is 0 Å². The van der Waals surface area contributed by atoms with Gasteiger partial charge in [0.2, 0.25) is 0 Å². The molecule has 116 valence electrons. The predicted molar refractivity (Wildman–Crippen MR) is 71.1 cm³/mol. The van der Waals surface area contributed by atoms with Crippen molar-refractivity contribution >= 4 is 11.9 Å². The van der Waals surface area contributed by atoms with Crippen LogP contribution in [0.15, 0.2) is 0 Å². The van der Waals surface area contributed by atoms with Gasteiger partial charge in [-0.3, -0.25) is 9.59 Å². The minimum atomic E-state index is -0.393. The van der Waals surface area contributed by atoms with Gasteiger partial charge in [-0.2, -0.15) is 0 Å². The zero-order chi connectivity index (χ0) is 14.8. The van der Waals surface area contributed by atoms with Crippen LogP contribution in [0, 0.1) is 11.8 Å². The number of carbonyl (C=O) groups excluding carboxylic acids is 2. The summed E-state index contributed by atoms with van der Waals surface area (Å²) in [6, 6.07) is 0. The Hall–Kier alpha value is -1.14. The summed E-state index contributed by atoms with van der Waals surface area (Å²) < 4.78 is 19.9. The topological polar surface area (TPSA) is 71.1 Å². The van der Waals surface area contributed by atoms with Crippen LogP contribution in [0.3, 0.4) is 0 Å². The Bertz CT molecular complexity index is 274. The van der Waals surface area contributed by atoms with Gasteiger partial charge in [0.05, 0.1) is 25.0 Å². The zero-order valence-corrected chi connectivity index (χ0v) is 12.3. The van der Waals surface area contributed by atoms with Gasteiger partial charge in [0.25, 0.3) is 0 Å². The summed E-state index contributed by atoms with van der Waals surface area (Å²) in [5, 5.41) is 0. The fourth-order valence-electron chi connectivity index (χ4n) is 2.36. The van der Waals surface area contributed by atoms with E-state index in [1.165, 1.54) is 0 Å². The third-order valence-electron chi connectivity index (χ3n) is 3.44. The van der Waals surface area contributed by atoms with Gasteiger partial charge in [0.15, 0.2) is 0 Å². The number of ether oxygens (including phenoxy) is 4. The first-order valence-electron chi connectivity index (χ1n) is 7.01. The van der Waals surface area contributed by atoms with Crippen LogP contribution < -0.4 is 0 Å². The van der Waals surface area contributed by atoms with Crippen molar-refractivity contribution in [2.24, 2.45) is 11.8 Å². The van der Waals surface area contributed by atoms with E-state index in [1.54, 1.807) is 14.2 Å². The quantitative estimate of drug-likeness (QED) is 0.493. The molecular formula is C14H24O6. The highest BCUT2D eigenvalue weighted by molar-refractivity contribution is 5.82. The molecule has 2 atom stereocenters. The molecule has 0 heterocycles. The first-order valence-corrected chi connectivity index (χ1v) is 7.01.